The van der Waals surface area contributed by atoms with Gasteiger partial charge in [0.15, 0.2) is 0 Å². The monoisotopic (exact) mass is 404 g/mol. The zero-order valence-electron chi connectivity index (χ0n) is 10.4. The molecule has 2 heterocycles. The van der Waals surface area contributed by atoms with E-state index < -0.39 is 0 Å². The van der Waals surface area contributed by atoms with Crippen LogP contribution in [0.25, 0.3) is 0 Å². The maximum absolute atomic E-state index is 6.27. The van der Waals surface area contributed by atoms with Crippen molar-refractivity contribution in [1.82, 2.24) is 4.98 Å². The van der Waals surface area contributed by atoms with Crippen molar-refractivity contribution >= 4 is 43.2 Å². The Balaban J connectivity index is 2.20. The minimum atomic E-state index is -0.190. The van der Waals surface area contributed by atoms with Crippen LogP contribution in [-0.2, 0) is 0 Å². The van der Waals surface area contributed by atoms with Gasteiger partial charge in [0.25, 0.3) is 0 Å². The summed E-state index contributed by atoms with van der Waals surface area (Å²) in [5.41, 5.74) is 7.22. The molecule has 0 spiro atoms. The molecule has 1 unspecified atom stereocenters. The quantitative estimate of drug-likeness (QED) is 0.796. The molecule has 102 valence electrons. The van der Waals surface area contributed by atoms with Crippen molar-refractivity contribution in [3.63, 3.8) is 0 Å². The first-order valence-electron chi connectivity index (χ1n) is 5.90. The van der Waals surface area contributed by atoms with Crippen LogP contribution in [0.3, 0.4) is 0 Å². The Hall–Kier alpha value is -0.430. The molecule has 0 aliphatic rings. The molecule has 2 aromatic rings. The van der Waals surface area contributed by atoms with Crippen LogP contribution in [0.4, 0.5) is 0 Å². The van der Waals surface area contributed by atoms with Crippen molar-refractivity contribution in [3.05, 3.63) is 43.2 Å². The van der Waals surface area contributed by atoms with Crippen LogP contribution in [0.1, 0.15) is 29.8 Å². The summed E-state index contributed by atoms with van der Waals surface area (Å²) in [6, 6.07) is 3.79. The lowest BCUT2D eigenvalue weighted by atomic mass is 10.1. The lowest BCUT2D eigenvalue weighted by Gasteiger charge is -2.11. The van der Waals surface area contributed by atoms with Gasteiger partial charge < -0.3 is 10.5 Å². The predicted octanol–water partition coefficient (Wildman–Crippen LogP) is 4.51. The second kappa shape index (κ2) is 6.83. The number of nitrogens with two attached hydrogens (primary N) is 1. The van der Waals surface area contributed by atoms with E-state index in [-0.39, 0.29) is 6.04 Å². The number of halogens is 2. The molecule has 0 radical (unpaired) electrons. The number of nitrogens with zero attached hydrogens (tertiary/aromatic N) is 1. The average Bonchev–Trinajstić information content (AvgIpc) is 2.76. The highest BCUT2D eigenvalue weighted by Gasteiger charge is 2.14. The zero-order chi connectivity index (χ0) is 13.8. The van der Waals surface area contributed by atoms with Gasteiger partial charge in [0, 0.05) is 15.5 Å². The summed E-state index contributed by atoms with van der Waals surface area (Å²) in [7, 11) is 0. The van der Waals surface area contributed by atoms with Crippen LogP contribution < -0.4 is 10.5 Å². The number of aromatic nitrogens is 1. The van der Waals surface area contributed by atoms with E-state index in [1.165, 1.54) is 0 Å². The summed E-state index contributed by atoms with van der Waals surface area (Å²) < 4.78 is 7.65. The van der Waals surface area contributed by atoms with E-state index in [4.69, 9.17) is 10.5 Å². The number of rotatable bonds is 5. The van der Waals surface area contributed by atoms with E-state index in [9.17, 15) is 0 Å². The second-order valence-corrected chi connectivity index (χ2v) is 7.31. The molecule has 0 aliphatic carbocycles. The van der Waals surface area contributed by atoms with E-state index in [0.29, 0.717) is 6.61 Å². The van der Waals surface area contributed by atoms with Crippen molar-refractivity contribution in [2.75, 3.05) is 6.61 Å². The SMILES string of the molecule is CCCOc1cncc(C(N)c2cc(Br)c(Br)s2)c1. The normalized spacial score (nSPS) is 12.4. The van der Waals surface area contributed by atoms with Crippen LogP contribution >= 0.6 is 43.2 Å². The predicted molar refractivity (Wildman–Crippen MR) is 85.8 cm³/mol. The first-order valence-corrected chi connectivity index (χ1v) is 8.30. The molecular weight excluding hydrogens is 392 g/mol. The van der Waals surface area contributed by atoms with Crippen LogP contribution in [0.2, 0.25) is 0 Å². The molecule has 0 aliphatic heterocycles. The first-order chi connectivity index (χ1) is 9.11. The average molecular weight is 406 g/mol. The Morgan fingerprint density at radius 1 is 1.37 bits per heavy atom. The fourth-order valence-corrected chi connectivity index (χ4v) is 3.70. The van der Waals surface area contributed by atoms with Gasteiger partial charge in [-0.3, -0.25) is 4.98 Å². The Bertz CT molecular complexity index is 540. The van der Waals surface area contributed by atoms with E-state index >= 15 is 0 Å². The molecule has 3 nitrogen and oxygen atoms in total. The van der Waals surface area contributed by atoms with Crippen LogP contribution in [-0.4, -0.2) is 11.6 Å². The van der Waals surface area contributed by atoms with Crippen molar-refractivity contribution in [1.29, 1.82) is 0 Å². The van der Waals surface area contributed by atoms with Gasteiger partial charge in [0.2, 0.25) is 0 Å². The summed E-state index contributed by atoms with van der Waals surface area (Å²) in [5, 5.41) is 0. The van der Waals surface area contributed by atoms with Gasteiger partial charge in [-0.05, 0) is 56.0 Å². The Morgan fingerprint density at radius 2 is 2.16 bits per heavy atom. The van der Waals surface area contributed by atoms with Gasteiger partial charge in [0.05, 0.1) is 22.6 Å². The molecular formula is C13H14Br2N2OS. The van der Waals surface area contributed by atoms with Gasteiger partial charge >= 0.3 is 0 Å². The lowest BCUT2D eigenvalue weighted by Crippen LogP contribution is -2.10. The lowest BCUT2D eigenvalue weighted by molar-refractivity contribution is 0.315. The van der Waals surface area contributed by atoms with Crippen molar-refractivity contribution in [2.24, 2.45) is 5.73 Å². The van der Waals surface area contributed by atoms with Gasteiger partial charge in [-0.2, -0.15) is 0 Å². The molecule has 0 saturated heterocycles. The molecule has 1 atom stereocenters. The second-order valence-electron chi connectivity index (χ2n) is 4.05. The van der Waals surface area contributed by atoms with Crippen molar-refractivity contribution in [2.45, 2.75) is 19.4 Å². The van der Waals surface area contributed by atoms with Gasteiger partial charge in [0.1, 0.15) is 5.75 Å². The third-order valence-electron chi connectivity index (χ3n) is 2.54. The largest absolute Gasteiger partial charge is 0.492 e. The van der Waals surface area contributed by atoms with Crippen LogP contribution in [0, 0.1) is 0 Å². The topological polar surface area (TPSA) is 48.1 Å². The molecule has 2 N–H and O–H groups in total. The molecule has 19 heavy (non-hydrogen) atoms. The maximum atomic E-state index is 6.27. The summed E-state index contributed by atoms with van der Waals surface area (Å²) in [6.07, 6.45) is 4.47. The van der Waals surface area contributed by atoms with Gasteiger partial charge in [-0.15, -0.1) is 11.3 Å². The van der Waals surface area contributed by atoms with E-state index in [2.05, 4.69) is 43.8 Å². The molecule has 0 saturated carbocycles. The molecule has 2 aromatic heterocycles. The van der Waals surface area contributed by atoms with Crippen molar-refractivity contribution < 1.29 is 4.74 Å². The zero-order valence-corrected chi connectivity index (χ0v) is 14.4. The highest BCUT2D eigenvalue weighted by Crippen LogP contribution is 2.36. The van der Waals surface area contributed by atoms with E-state index in [0.717, 1.165) is 30.9 Å². The molecule has 6 heteroatoms. The third kappa shape index (κ3) is 3.78. The van der Waals surface area contributed by atoms with Crippen LogP contribution in [0.15, 0.2) is 32.8 Å². The van der Waals surface area contributed by atoms with E-state index in [1.54, 1.807) is 23.7 Å². The number of hydrogen-bond acceptors (Lipinski definition) is 4. The van der Waals surface area contributed by atoms with Crippen LogP contribution in [0.5, 0.6) is 5.75 Å². The first kappa shape index (κ1) is 15.0. The molecule has 0 amide bonds. The number of thiophene rings is 1. The molecule has 0 fully saturated rings. The third-order valence-corrected chi connectivity index (χ3v) is 5.88. The van der Waals surface area contributed by atoms with Crippen molar-refractivity contribution in [3.8, 4) is 5.75 Å². The number of pyridine rings is 1. The Kier molecular flexibility index (Phi) is 5.38. The molecule has 0 aromatic carbocycles. The summed E-state index contributed by atoms with van der Waals surface area (Å²) in [5.74, 6) is 0.768. The maximum Gasteiger partial charge on any atom is 0.137 e. The standard InChI is InChI=1S/C13H14Br2N2OS/c1-2-3-18-9-4-8(6-17-7-9)12(16)11-5-10(14)13(15)19-11/h4-7,12H,2-3,16H2,1H3. The summed E-state index contributed by atoms with van der Waals surface area (Å²) >= 11 is 8.57. The minimum absolute atomic E-state index is 0.190. The Labute approximate surface area is 133 Å². The Morgan fingerprint density at radius 3 is 2.79 bits per heavy atom. The fourth-order valence-electron chi connectivity index (χ4n) is 1.59. The number of hydrogen-bond donors (Lipinski definition) is 1. The molecule has 0 bridgehead atoms. The summed E-state index contributed by atoms with van der Waals surface area (Å²) in [6.45, 7) is 2.76. The highest BCUT2D eigenvalue weighted by molar-refractivity contribution is 9.13. The smallest absolute Gasteiger partial charge is 0.137 e. The minimum Gasteiger partial charge on any atom is -0.492 e. The molecule has 2 rings (SSSR count). The fraction of sp³-hybridized carbons (Fsp3) is 0.308. The van der Waals surface area contributed by atoms with Gasteiger partial charge in [-0.25, -0.2) is 0 Å². The highest BCUT2D eigenvalue weighted by atomic mass is 79.9. The van der Waals surface area contributed by atoms with E-state index in [1.807, 2.05) is 12.1 Å². The number of ether oxygens (including phenoxy) is 1. The summed E-state index contributed by atoms with van der Waals surface area (Å²) in [4.78, 5) is 5.27. The van der Waals surface area contributed by atoms with Gasteiger partial charge in [-0.1, -0.05) is 6.92 Å².